The van der Waals surface area contributed by atoms with E-state index in [1.807, 2.05) is 0 Å². The van der Waals surface area contributed by atoms with Crippen LogP contribution in [0.4, 0.5) is 0 Å². The highest BCUT2D eigenvalue weighted by Crippen LogP contribution is 2.45. The van der Waals surface area contributed by atoms with Crippen molar-refractivity contribution in [3.63, 3.8) is 0 Å². The Morgan fingerprint density at radius 1 is 1.13 bits per heavy atom. The van der Waals surface area contributed by atoms with Gasteiger partial charge in [-0.2, -0.15) is 0 Å². The number of rotatable bonds is 6. The van der Waals surface area contributed by atoms with Gasteiger partial charge in [0.15, 0.2) is 20.2 Å². The molecule has 30 heavy (non-hydrogen) atoms. The van der Waals surface area contributed by atoms with Gasteiger partial charge in [-0.25, -0.2) is 0 Å². The van der Waals surface area contributed by atoms with Gasteiger partial charge < -0.3 is 28.1 Å². The number of fused-ring (bicyclic) bond motifs is 1. The van der Waals surface area contributed by atoms with E-state index in [1.165, 1.54) is 21.1 Å². The molecule has 0 bridgehead atoms. The van der Waals surface area contributed by atoms with Crippen LogP contribution in [-0.2, 0) is 37.7 Å². The van der Waals surface area contributed by atoms with Crippen LogP contribution in [0.15, 0.2) is 11.6 Å². The van der Waals surface area contributed by atoms with Crippen molar-refractivity contribution in [3.8, 4) is 0 Å². The van der Waals surface area contributed by atoms with Gasteiger partial charge in [-0.05, 0) is 38.1 Å². The normalized spacial score (nSPS) is 34.9. The van der Waals surface area contributed by atoms with Gasteiger partial charge in [0, 0.05) is 26.7 Å². The molecule has 0 radical (unpaired) electrons. The summed E-state index contributed by atoms with van der Waals surface area (Å²) in [6, 6.07) is 0. The Morgan fingerprint density at radius 2 is 1.67 bits per heavy atom. The van der Waals surface area contributed by atoms with Crippen molar-refractivity contribution in [3.05, 3.63) is 11.6 Å². The van der Waals surface area contributed by atoms with Gasteiger partial charge in [-0.1, -0.05) is 20.8 Å². The van der Waals surface area contributed by atoms with Crippen molar-refractivity contribution in [1.29, 1.82) is 0 Å². The fourth-order valence-corrected chi connectivity index (χ4v) is 4.46. The first-order valence-corrected chi connectivity index (χ1v) is 13.0. The predicted octanol–water partition coefficient (Wildman–Crippen LogP) is 2.96. The molecular formula is C21H36O8Si. The summed E-state index contributed by atoms with van der Waals surface area (Å²) >= 11 is 0. The van der Waals surface area contributed by atoms with E-state index >= 15 is 0 Å². The molecule has 1 heterocycles. The van der Waals surface area contributed by atoms with Crippen molar-refractivity contribution in [2.75, 3.05) is 20.8 Å². The molecule has 1 aliphatic heterocycles. The largest absolute Gasteiger partial charge is 0.461 e. The summed E-state index contributed by atoms with van der Waals surface area (Å²) in [5.41, 5.74) is 0.318. The summed E-state index contributed by atoms with van der Waals surface area (Å²) in [6.07, 6.45) is -0.596. The zero-order chi connectivity index (χ0) is 23.1. The maximum absolute atomic E-state index is 13.2. The zero-order valence-electron chi connectivity index (χ0n) is 19.8. The van der Waals surface area contributed by atoms with Gasteiger partial charge in [0.1, 0.15) is 12.7 Å². The minimum absolute atomic E-state index is 0.0605. The van der Waals surface area contributed by atoms with Gasteiger partial charge in [0.05, 0.1) is 6.10 Å². The summed E-state index contributed by atoms with van der Waals surface area (Å²) < 4.78 is 35.3. The average molecular weight is 445 g/mol. The number of hydrogen-bond donors (Lipinski definition) is 0. The number of hydrogen-bond acceptors (Lipinski definition) is 8. The molecule has 2 aliphatic rings. The smallest absolute Gasteiger partial charge is 0.302 e. The number of ketones is 1. The molecular weight excluding hydrogens is 408 g/mol. The molecule has 0 aromatic heterocycles. The lowest BCUT2D eigenvalue weighted by molar-refractivity contribution is -0.446. The highest BCUT2D eigenvalue weighted by Gasteiger charge is 2.61. The van der Waals surface area contributed by atoms with Gasteiger partial charge >= 0.3 is 5.97 Å². The standard InChI is InChI=1S/C21H36O8Si/c1-13(22)26-12-14-11-15(29-30(9,10)19(2,3)4)17-18(16(14)23)28-21(6,25-8)20(5,24-7)27-17/h11,15,17-18H,12H2,1-10H3/t15-,17-,18-,20+,21+/m0/s1. The summed E-state index contributed by atoms with van der Waals surface area (Å²) in [6.45, 7) is 15.2. The summed E-state index contributed by atoms with van der Waals surface area (Å²) in [5.74, 6) is -3.39. The fourth-order valence-electron chi connectivity index (χ4n) is 3.23. The number of carbonyl (C=O) groups excluding carboxylic acids is 2. The van der Waals surface area contributed by atoms with E-state index < -0.39 is 44.2 Å². The molecule has 0 aromatic carbocycles. The van der Waals surface area contributed by atoms with Crippen LogP contribution in [0.2, 0.25) is 18.1 Å². The van der Waals surface area contributed by atoms with Crippen LogP contribution < -0.4 is 0 Å². The molecule has 0 unspecified atom stereocenters. The molecule has 1 fully saturated rings. The van der Waals surface area contributed by atoms with Crippen LogP contribution in [0.25, 0.3) is 0 Å². The second-order valence-corrected chi connectivity index (χ2v) is 14.4. The van der Waals surface area contributed by atoms with Gasteiger partial charge in [-0.3, -0.25) is 9.59 Å². The minimum atomic E-state index is -2.24. The lowest BCUT2D eigenvalue weighted by atomic mass is 9.88. The van der Waals surface area contributed by atoms with Crippen LogP contribution in [0.1, 0.15) is 41.5 Å². The minimum Gasteiger partial charge on any atom is -0.461 e. The lowest BCUT2D eigenvalue weighted by Gasteiger charge is -2.54. The van der Waals surface area contributed by atoms with Gasteiger partial charge in [0.25, 0.3) is 0 Å². The molecule has 1 saturated heterocycles. The molecule has 0 aromatic rings. The Balaban J connectivity index is 2.49. The number of methoxy groups -OCH3 is 2. The number of Topliss-reactive ketones (excluding diaryl/α,β-unsaturated/α-hetero) is 1. The third kappa shape index (κ3) is 4.56. The highest BCUT2D eigenvalue weighted by molar-refractivity contribution is 6.74. The molecule has 0 spiro atoms. The molecule has 8 nitrogen and oxygen atoms in total. The third-order valence-corrected chi connectivity index (χ3v) is 11.0. The molecule has 9 heteroatoms. The zero-order valence-corrected chi connectivity index (χ0v) is 20.8. The van der Waals surface area contributed by atoms with Crippen molar-refractivity contribution in [2.45, 2.75) is 89.6 Å². The highest BCUT2D eigenvalue weighted by atomic mass is 28.4. The molecule has 0 amide bonds. The molecule has 0 saturated carbocycles. The lowest BCUT2D eigenvalue weighted by Crippen LogP contribution is -2.70. The molecule has 0 N–H and O–H groups in total. The Bertz CT molecular complexity index is 712. The first kappa shape index (κ1) is 25.2. The van der Waals surface area contributed by atoms with Crippen LogP contribution in [0.3, 0.4) is 0 Å². The van der Waals surface area contributed by atoms with Gasteiger partial charge in [-0.15, -0.1) is 0 Å². The molecule has 2 rings (SSSR count). The number of carbonyl (C=O) groups is 2. The first-order valence-electron chi connectivity index (χ1n) is 10.1. The van der Waals surface area contributed by atoms with Crippen molar-refractivity contribution < 1.29 is 37.7 Å². The van der Waals surface area contributed by atoms with Crippen LogP contribution in [-0.4, -0.2) is 70.8 Å². The molecule has 172 valence electrons. The monoisotopic (exact) mass is 444 g/mol. The van der Waals surface area contributed by atoms with E-state index in [4.69, 9.17) is 28.1 Å². The maximum Gasteiger partial charge on any atom is 0.302 e. The molecule has 1 aliphatic carbocycles. The number of esters is 1. The predicted molar refractivity (Wildman–Crippen MR) is 112 cm³/mol. The van der Waals surface area contributed by atoms with Crippen molar-refractivity contribution in [1.82, 2.24) is 0 Å². The van der Waals surface area contributed by atoms with E-state index in [0.717, 1.165) is 0 Å². The summed E-state index contributed by atoms with van der Waals surface area (Å²) in [5, 5.41) is -0.0605. The Kier molecular flexibility index (Phi) is 7.08. The Morgan fingerprint density at radius 3 is 2.13 bits per heavy atom. The second kappa shape index (κ2) is 8.44. The Hall–Kier alpha value is -1.10. The van der Waals surface area contributed by atoms with Crippen LogP contribution >= 0.6 is 0 Å². The fraction of sp³-hybridized carbons (Fsp3) is 0.810. The third-order valence-electron chi connectivity index (χ3n) is 6.55. The van der Waals surface area contributed by atoms with E-state index in [2.05, 4.69) is 33.9 Å². The van der Waals surface area contributed by atoms with Crippen LogP contribution in [0.5, 0.6) is 0 Å². The average Bonchev–Trinajstić information content (AvgIpc) is 2.63. The van der Waals surface area contributed by atoms with Crippen molar-refractivity contribution in [2.24, 2.45) is 0 Å². The van der Waals surface area contributed by atoms with E-state index in [9.17, 15) is 9.59 Å². The quantitative estimate of drug-likeness (QED) is 0.456. The van der Waals surface area contributed by atoms with Crippen LogP contribution in [0, 0.1) is 0 Å². The van der Waals surface area contributed by atoms with E-state index in [0.29, 0.717) is 5.57 Å². The maximum atomic E-state index is 13.2. The summed E-state index contributed by atoms with van der Waals surface area (Å²) in [4.78, 5) is 24.5. The van der Waals surface area contributed by atoms with Crippen molar-refractivity contribution >= 4 is 20.1 Å². The van der Waals surface area contributed by atoms with E-state index in [-0.39, 0.29) is 17.4 Å². The summed E-state index contributed by atoms with van der Waals surface area (Å²) in [7, 11) is 0.726. The topological polar surface area (TPSA) is 89.5 Å². The second-order valence-electron chi connectivity index (χ2n) is 9.60. The first-order chi connectivity index (χ1) is 13.6. The SMILES string of the molecule is CO[C@]1(C)O[C@H]2[C@@H](O[Si](C)(C)C(C)(C)C)C=C(COC(C)=O)C(=O)[C@@H]2O[C@@]1(C)OC. The Labute approximate surface area is 180 Å². The molecule has 5 atom stereocenters. The van der Waals surface area contributed by atoms with Gasteiger partial charge in [0.2, 0.25) is 11.6 Å². The number of ether oxygens (including phenoxy) is 5. The van der Waals surface area contributed by atoms with E-state index in [1.54, 1.807) is 19.9 Å².